The maximum Gasteiger partial charge on any atom is 0.319 e. The number of urea groups is 1. The number of nitrogens with zero attached hydrogens (tertiary/aromatic N) is 2. The number of carbonyl (C=O) groups excluding carboxylic acids is 1. The molecule has 0 saturated carbocycles. The second kappa shape index (κ2) is 11.1. The van der Waals surface area contributed by atoms with Gasteiger partial charge in [0, 0.05) is 12.2 Å². The lowest BCUT2D eigenvalue weighted by atomic mass is 10.2. The first-order valence-corrected chi connectivity index (χ1v) is 11.6. The molecule has 1 aromatic heterocycles. The highest BCUT2D eigenvalue weighted by Crippen LogP contribution is 2.23. The van der Waals surface area contributed by atoms with Crippen LogP contribution >= 0.6 is 11.6 Å². The van der Waals surface area contributed by atoms with Crippen molar-refractivity contribution in [2.45, 2.75) is 19.6 Å². The van der Waals surface area contributed by atoms with Crippen molar-refractivity contribution in [2.75, 3.05) is 18.5 Å². The van der Waals surface area contributed by atoms with Gasteiger partial charge in [0.25, 0.3) is 5.56 Å². The van der Waals surface area contributed by atoms with E-state index < -0.39 is 6.04 Å². The molecule has 4 N–H and O–H groups in total. The predicted octanol–water partition coefficient (Wildman–Crippen LogP) is 4.40. The standard InChI is InChI=1S/C26H26ClN5O3/c1-2-29-26(34)30-18-10-6-11-19(14-18)32-24(21(28)16-35-15-17-8-4-3-5-9-17)31-22-13-7-12-20(27)23(22)25(32)33/h3-14,21H,2,15-16,28H2,1H3,(H2,29,30,34)/t21-/m0/s1. The van der Waals surface area contributed by atoms with Crippen molar-refractivity contribution in [1.29, 1.82) is 0 Å². The zero-order valence-electron chi connectivity index (χ0n) is 19.2. The van der Waals surface area contributed by atoms with Gasteiger partial charge in [-0.3, -0.25) is 9.36 Å². The average Bonchev–Trinajstić information content (AvgIpc) is 2.84. The van der Waals surface area contributed by atoms with Gasteiger partial charge in [-0.05, 0) is 42.8 Å². The molecule has 2 amide bonds. The normalized spacial score (nSPS) is 11.9. The first-order valence-electron chi connectivity index (χ1n) is 11.2. The number of halogens is 1. The minimum atomic E-state index is -0.699. The van der Waals surface area contributed by atoms with Crippen LogP contribution in [0, 0.1) is 0 Å². The minimum absolute atomic E-state index is 0.143. The molecule has 0 unspecified atom stereocenters. The van der Waals surface area contributed by atoms with Gasteiger partial charge in [0.15, 0.2) is 0 Å². The molecule has 9 heteroatoms. The first-order chi connectivity index (χ1) is 17.0. The molecule has 35 heavy (non-hydrogen) atoms. The fourth-order valence-corrected chi connectivity index (χ4v) is 3.97. The third-order valence-corrected chi connectivity index (χ3v) is 5.63. The van der Waals surface area contributed by atoms with Crippen LogP contribution in [0.4, 0.5) is 10.5 Å². The number of amides is 2. The van der Waals surface area contributed by atoms with E-state index in [1.54, 1.807) is 42.5 Å². The van der Waals surface area contributed by atoms with Crippen LogP contribution in [0.5, 0.6) is 0 Å². The Morgan fingerprint density at radius 2 is 1.89 bits per heavy atom. The minimum Gasteiger partial charge on any atom is -0.375 e. The van der Waals surface area contributed by atoms with Crippen molar-refractivity contribution in [3.63, 3.8) is 0 Å². The van der Waals surface area contributed by atoms with Crippen LogP contribution in [0.2, 0.25) is 5.02 Å². The molecule has 1 heterocycles. The molecular formula is C26H26ClN5O3. The summed E-state index contributed by atoms with van der Waals surface area (Å²) in [5.41, 5.74) is 8.60. The highest BCUT2D eigenvalue weighted by molar-refractivity contribution is 6.35. The van der Waals surface area contributed by atoms with Crippen molar-refractivity contribution in [1.82, 2.24) is 14.9 Å². The van der Waals surface area contributed by atoms with Crippen LogP contribution < -0.4 is 21.9 Å². The molecule has 0 spiro atoms. The maximum atomic E-state index is 13.6. The van der Waals surface area contributed by atoms with Gasteiger partial charge in [-0.2, -0.15) is 0 Å². The SMILES string of the molecule is CCNC(=O)Nc1cccc(-n2c([C@@H](N)COCc3ccccc3)nc3cccc(Cl)c3c2=O)c1. The monoisotopic (exact) mass is 491 g/mol. The number of nitrogens with one attached hydrogen (secondary N) is 2. The Labute approximate surface area is 207 Å². The molecular weight excluding hydrogens is 466 g/mol. The van der Waals surface area contributed by atoms with Crippen LogP contribution in [-0.4, -0.2) is 28.7 Å². The fraction of sp³-hybridized carbons (Fsp3) is 0.192. The quantitative estimate of drug-likeness (QED) is 0.338. The van der Waals surface area contributed by atoms with Gasteiger partial charge in [0.1, 0.15) is 5.82 Å². The molecule has 0 fully saturated rings. The summed E-state index contributed by atoms with van der Waals surface area (Å²) in [6, 6.07) is 20.7. The van der Waals surface area contributed by atoms with E-state index in [4.69, 9.17) is 27.1 Å². The van der Waals surface area contributed by atoms with Crippen molar-refractivity contribution in [3.8, 4) is 5.69 Å². The van der Waals surface area contributed by atoms with Crippen molar-refractivity contribution in [3.05, 3.63) is 99.6 Å². The van der Waals surface area contributed by atoms with Gasteiger partial charge >= 0.3 is 6.03 Å². The molecule has 4 aromatic rings. The molecule has 3 aromatic carbocycles. The zero-order valence-corrected chi connectivity index (χ0v) is 20.0. The molecule has 0 aliphatic rings. The highest BCUT2D eigenvalue weighted by atomic mass is 35.5. The summed E-state index contributed by atoms with van der Waals surface area (Å²) in [5.74, 6) is 0.327. The fourth-order valence-electron chi connectivity index (χ4n) is 3.72. The summed E-state index contributed by atoms with van der Waals surface area (Å²) in [5, 5.41) is 6.02. The number of rotatable bonds is 8. The predicted molar refractivity (Wildman–Crippen MR) is 138 cm³/mol. The van der Waals surface area contributed by atoms with E-state index in [0.29, 0.717) is 40.9 Å². The third-order valence-electron chi connectivity index (χ3n) is 5.31. The first kappa shape index (κ1) is 24.4. The van der Waals surface area contributed by atoms with Crippen LogP contribution in [0.3, 0.4) is 0 Å². The Morgan fingerprint density at radius 3 is 2.66 bits per heavy atom. The highest BCUT2D eigenvalue weighted by Gasteiger charge is 2.20. The summed E-state index contributed by atoms with van der Waals surface area (Å²) in [6.45, 7) is 2.84. The van der Waals surface area contributed by atoms with Crippen molar-refractivity contribution in [2.24, 2.45) is 5.73 Å². The average molecular weight is 492 g/mol. The Morgan fingerprint density at radius 1 is 1.11 bits per heavy atom. The molecule has 0 aliphatic heterocycles. The number of fused-ring (bicyclic) bond motifs is 1. The molecule has 180 valence electrons. The number of hydrogen-bond acceptors (Lipinski definition) is 5. The number of ether oxygens (including phenoxy) is 1. The van der Waals surface area contributed by atoms with E-state index in [2.05, 4.69) is 10.6 Å². The molecule has 1 atom stereocenters. The lowest BCUT2D eigenvalue weighted by Crippen LogP contribution is -2.31. The van der Waals surface area contributed by atoms with Crippen molar-refractivity contribution < 1.29 is 9.53 Å². The van der Waals surface area contributed by atoms with E-state index in [-0.39, 0.29) is 23.6 Å². The lowest BCUT2D eigenvalue weighted by molar-refractivity contribution is 0.105. The molecule has 8 nitrogen and oxygen atoms in total. The van der Waals surface area contributed by atoms with Crippen LogP contribution in [0.25, 0.3) is 16.6 Å². The summed E-state index contributed by atoms with van der Waals surface area (Å²) in [7, 11) is 0. The summed E-state index contributed by atoms with van der Waals surface area (Å²) in [4.78, 5) is 30.3. The van der Waals surface area contributed by atoms with Crippen molar-refractivity contribution >= 4 is 34.2 Å². The molecule has 0 aliphatic carbocycles. The number of nitrogens with two attached hydrogens (primary N) is 1. The number of anilines is 1. The van der Waals surface area contributed by atoms with Gasteiger partial charge in [0.05, 0.1) is 40.9 Å². The maximum absolute atomic E-state index is 13.6. The van der Waals surface area contributed by atoms with Gasteiger partial charge < -0.3 is 21.1 Å². The lowest BCUT2D eigenvalue weighted by Gasteiger charge is -2.19. The summed E-state index contributed by atoms with van der Waals surface area (Å²) >= 11 is 6.37. The Kier molecular flexibility index (Phi) is 7.77. The van der Waals surface area contributed by atoms with Crippen LogP contribution in [0.1, 0.15) is 24.4 Å². The second-order valence-electron chi connectivity index (χ2n) is 7.89. The molecule has 0 radical (unpaired) electrons. The second-order valence-corrected chi connectivity index (χ2v) is 8.29. The van der Waals surface area contributed by atoms with E-state index in [0.717, 1.165) is 5.56 Å². The molecule has 0 saturated heterocycles. The molecule has 0 bridgehead atoms. The Hall–Kier alpha value is -3.72. The third kappa shape index (κ3) is 5.68. The topological polar surface area (TPSA) is 111 Å². The summed E-state index contributed by atoms with van der Waals surface area (Å²) < 4.78 is 7.26. The van der Waals surface area contributed by atoms with Crippen LogP contribution in [-0.2, 0) is 11.3 Å². The van der Waals surface area contributed by atoms with Gasteiger partial charge in [-0.15, -0.1) is 0 Å². The van der Waals surface area contributed by atoms with Gasteiger partial charge in [-0.25, -0.2) is 9.78 Å². The number of hydrogen-bond donors (Lipinski definition) is 3. The van der Waals surface area contributed by atoms with Gasteiger partial charge in [0.2, 0.25) is 0 Å². The molecule has 4 rings (SSSR count). The Bertz CT molecular complexity index is 1390. The van der Waals surface area contributed by atoms with Gasteiger partial charge in [-0.1, -0.05) is 54.1 Å². The van der Waals surface area contributed by atoms with E-state index in [1.807, 2.05) is 37.3 Å². The van der Waals surface area contributed by atoms with E-state index in [9.17, 15) is 9.59 Å². The summed E-state index contributed by atoms with van der Waals surface area (Å²) in [6.07, 6.45) is 0. The smallest absolute Gasteiger partial charge is 0.319 e. The number of carbonyl (C=O) groups is 1. The van der Waals surface area contributed by atoms with E-state index >= 15 is 0 Å². The number of aromatic nitrogens is 2. The zero-order chi connectivity index (χ0) is 24.8. The van der Waals surface area contributed by atoms with Crippen LogP contribution in [0.15, 0.2) is 77.6 Å². The Balaban J connectivity index is 1.73. The number of benzene rings is 3. The van der Waals surface area contributed by atoms with E-state index in [1.165, 1.54) is 4.57 Å². The largest absolute Gasteiger partial charge is 0.375 e.